The first kappa shape index (κ1) is 25.4. The maximum atomic E-state index is 11.3. The second kappa shape index (κ2) is 11.5. The van der Waals surface area contributed by atoms with Gasteiger partial charge in [-0.1, -0.05) is 122 Å². The zero-order valence-corrected chi connectivity index (χ0v) is 22.0. The monoisotopic (exact) mass is 489 g/mol. The third-order valence-corrected chi connectivity index (χ3v) is 8.35. The molecule has 0 unspecified atom stereocenters. The Morgan fingerprint density at radius 3 is 1.65 bits per heavy atom. The standard InChI is InChI=1S/C35H39NO/c1-2-29-18-20-33(21-19-29)35(31-14-8-4-9-15-31,32-16-10-5-11-17-32)24-27-36-25-22-34(37,23-26-36)28-30-12-6-3-7-13-30/h3-21,37H,2,22-28H2,1H3. The summed E-state index contributed by atoms with van der Waals surface area (Å²) in [7, 11) is 0. The van der Waals surface area contributed by atoms with Crippen molar-refractivity contribution in [1.29, 1.82) is 0 Å². The number of hydrogen-bond acceptors (Lipinski definition) is 2. The van der Waals surface area contributed by atoms with Gasteiger partial charge in [-0.05, 0) is 60.0 Å². The lowest BCUT2D eigenvalue weighted by Crippen LogP contribution is -2.47. The Hall–Kier alpha value is -3.20. The van der Waals surface area contributed by atoms with E-state index in [1.165, 1.54) is 27.8 Å². The maximum absolute atomic E-state index is 11.3. The van der Waals surface area contributed by atoms with Gasteiger partial charge in [-0.15, -0.1) is 0 Å². The molecule has 4 aromatic carbocycles. The van der Waals surface area contributed by atoms with E-state index in [4.69, 9.17) is 0 Å². The van der Waals surface area contributed by atoms with Gasteiger partial charge in [0.05, 0.1) is 5.60 Å². The Balaban J connectivity index is 1.41. The van der Waals surface area contributed by atoms with Crippen LogP contribution in [0.1, 0.15) is 54.0 Å². The first-order valence-electron chi connectivity index (χ1n) is 13.8. The van der Waals surface area contributed by atoms with Crippen LogP contribution in [0.15, 0.2) is 115 Å². The summed E-state index contributed by atoms with van der Waals surface area (Å²) in [5.41, 5.74) is 5.77. The van der Waals surface area contributed by atoms with Gasteiger partial charge in [-0.2, -0.15) is 0 Å². The fourth-order valence-corrected chi connectivity index (χ4v) is 6.07. The summed E-state index contributed by atoms with van der Waals surface area (Å²) in [4.78, 5) is 2.56. The van der Waals surface area contributed by atoms with Gasteiger partial charge >= 0.3 is 0 Å². The van der Waals surface area contributed by atoms with Crippen LogP contribution in [0.5, 0.6) is 0 Å². The topological polar surface area (TPSA) is 23.5 Å². The van der Waals surface area contributed by atoms with Crippen LogP contribution in [0.2, 0.25) is 0 Å². The first-order valence-corrected chi connectivity index (χ1v) is 13.8. The summed E-state index contributed by atoms with van der Waals surface area (Å²) in [5.74, 6) is 0. The average Bonchev–Trinajstić information content (AvgIpc) is 2.96. The molecule has 1 saturated heterocycles. The van der Waals surface area contributed by atoms with Crippen molar-refractivity contribution in [2.24, 2.45) is 0 Å². The molecular weight excluding hydrogens is 450 g/mol. The van der Waals surface area contributed by atoms with Crippen molar-refractivity contribution < 1.29 is 5.11 Å². The van der Waals surface area contributed by atoms with Crippen LogP contribution in [0.25, 0.3) is 0 Å². The Kier molecular flexibility index (Phi) is 7.88. The number of nitrogens with zero attached hydrogens (tertiary/aromatic N) is 1. The molecule has 0 radical (unpaired) electrons. The molecule has 37 heavy (non-hydrogen) atoms. The smallest absolute Gasteiger partial charge is 0.0712 e. The molecule has 0 aliphatic carbocycles. The van der Waals surface area contributed by atoms with Gasteiger partial charge in [0.2, 0.25) is 0 Å². The summed E-state index contributed by atoms with van der Waals surface area (Å²) in [6, 6.07) is 41.7. The van der Waals surface area contributed by atoms with Crippen LogP contribution in [0.4, 0.5) is 0 Å². The highest BCUT2D eigenvalue weighted by molar-refractivity contribution is 5.50. The van der Waals surface area contributed by atoms with Crippen LogP contribution < -0.4 is 0 Å². The van der Waals surface area contributed by atoms with E-state index in [1.54, 1.807) is 0 Å². The SMILES string of the molecule is CCc1ccc(C(CCN2CCC(O)(Cc3ccccc3)CC2)(c2ccccc2)c2ccccc2)cc1. The van der Waals surface area contributed by atoms with Crippen molar-refractivity contribution in [1.82, 2.24) is 4.90 Å². The van der Waals surface area contributed by atoms with Crippen molar-refractivity contribution in [2.75, 3.05) is 19.6 Å². The minimum Gasteiger partial charge on any atom is -0.389 e. The van der Waals surface area contributed by atoms with E-state index in [0.29, 0.717) is 0 Å². The van der Waals surface area contributed by atoms with Crippen molar-refractivity contribution >= 4 is 0 Å². The summed E-state index contributed by atoms with van der Waals surface area (Å²) >= 11 is 0. The molecule has 190 valence electrons. The number of benzene rings is 4. The highest BCUT2D eigenvalue weighted by Gasteiger charge is 2.38. The molecule has 1 heterocycles. The van der Waals surface area contributed by atoms with Crippen molar-refractivity contribution in [3.63, 3.8) is 0 Å². The van der Waals surface area contributed by atoms with E-state index < -0.39 is 5.60 Å². The molecule has 2 nitrogen and oxygen atoms in total. The van der Waals surface area contributed by atoms with Crippen molar-refractivity contribution in [2.45, 2.75) is 50.0 Å². The lowest BCUT2D eigenvalue weighted by Gasteiger charge is -2.41. The molecule has 1 fully saturated rings. The number of aryl methyl sites for hydroxylation is 1. The van der Waals surface area contributed by atoms with Crippen LogP contribution in [-0.2, 0) is 18.3 Å². The van der Waals surface area contributed by atoms with Gasteiger partial charge in [0, 0.05) is 24.9 Å². The lowest BCUT2D eigenvalue weighted by molar-refractivity contribution is -0.0213. The molecule has 1 N–H and O–H groups in total. The zero-order chi connectivity index (χ0) is 25.6. The summed E-state index contributed by atoms with van der Waals surface area (Å²) in [5, 5.41) is 11.3. The predicted molar refractivity (Wildman–Crippen MR) is 154 cm³/mol. The first-order chi connectivity index (χ1) is 18.1. The molecular formula is C35H39NO. The predicted octanol–water partition coefficient (Wildman–Crippen LogP) is 7.04. The van der Waals surface area contributed by atoms with Crippen LogP contribution in [0.3, 0.4) is 0 Å². The normalized spacial score (nSPS) is 15.9. The summed E-state index contributed by atoms with van der Waals surface area (Å²) in [6.45, 7) is 5.06. The van der Waals surface area contributed by atoms with Crippen LogP contribution >= 0.6 is 0 Å². The van der Waals surface area contributed by atoms with Crippen molar-refractivity contribution in [3.05, 3.63) is 143 Å². The Labute approximate surface area is 222 Å². The Bertz CT molecular complexity index is 1190. The molecule has 0 bridgehead atoms. The average molecular weight is 490 g/mol. The van der Waals surface area contributed by atoms with Crippen LogP contribution in [-0.4, -0.2) is 35.2 Å². The maximum Gasteiger partial charge on any atom is 0.0712 e. The van der Waals surface area contributed by atoms with E-state index in [0.717, 1.165) is 51.7 Å². The van der Waals surface area contributed by atoms with Gasteiger partial charge in [0.15, 0.2) is 0 Å². The molecule has 0 spiro atoms. The molecule has 1 aliphatic rings. The molecule has 4 aromatic rings. The quantitative estimate of drug-likeness (QED) is 0.255. The lowest BCUT2D eigenvalue weighted by atomic mass is 9.67. The highest BCUT2D eigenvalue weighted by Crippen LogP contribution is 2.43. The second-order valence-corrected chi connectivity index (χ2v) is 10.7. The highest BCUT2D eigenvalue weighted by atomic mass is 16.3. The third kappa shape index (κ3) is 5.71. The third-order valence-electron chi connectivity index (χ3n) is 8.35. The van der Waals surface area contributed by atoms with Gasteiger partial charge in [-0.25, -0.2) is 0 Å². The van der Waals surface area contributed by atoms with Gasteiger partial charge in [0.1, 0.15) is 0 Å². The molecule has 0 aromatic heterocycles. The van der Waals surface area contributed by atoms with E-state index in [2.05, 4.69) is 121 Å². The van der Waals surface area contributed by atoms with Crippen molar-refractivity contribution in [3.8, 4) is 0 Å². The van der Waals surface area contributed by atoms with E-state index in [9.17, 15) is 5.11 Å². The minimum atomic E-state index is -0.607. The van der Waals surface area contributed by atoms with Gasteiger partial charge in [-0.3, -0.25) is 0 Å². The zero-order valence-electron chi connectivity index (χ0n) is 22.0. The summed E-state index contributed by atoms with van der Waals surface area (Å²) < 4.78 is 0. The molecule has 0 saturated carbocycles. The largest absolute Gasteiger partial charge is 0.389 e. The fraction of sp³-hybridized carbons (Fsp3) is 0.314. The number of hydrogen-bond donors (Lipinski definition) is 1. The van der Waals surface area contributed by atoms with Gasteiger partial charge in [0.25, 0.3) is 0 Å². The minimum absolute atomic E-state index is 0.230. The van der Waals surface area contributed by atoms with E-state index in [1.807, 2.05) is 6.07 Å². The second-order valence-electron chi connectivity index (χ2n) is 10.7. The molecule has 5 rings (SSSR count). The fourth-order valence-electron chi connectivity index (χ4n) is 6.07. The molecule has 0 atom stereocenters. The van der Waals surface area contributed by atoms with Gasteiger partial charge < -0.3 is 10.0 Å². The Morgan fingerprint density at radius 2 is 1.14 bits per heavy atom. The number of aliphatic hydroxyl groups is 1. The summed E-state index contributed by atoms with van der Waals surface area (Å²) in [6.07, 6.45) is 4.41. The Morgan fingerprint density at radius 1 is 0.649 bits per heavy atom. The van der Waals surface area contributed by atoms with Crippen LogP contribution in [0, 0.1) is 0 Å². The molecule has 1 aliphatic heterocycles. The van der Waals surface area contributed by atoms with E-state index >= 15 is 0 Å². The number of likely N-dealkylation sites (tertiary alicyclic amines) is 1. The molecule has 2 heteroatoms. The van der Waals surface area contributed by atoms with E-state index in [-0.39, 0.29) is 5.41 Å². The number of rotatable bonds is 9. The number of piperidine rings is 1. The molecule has 0 amide bonds.